The summed E-state index contributed by atoms with van der Waals surface area (Å²) in [7, 11) is 0. The van der Waals surface area contributed by atoms with Crippen molar-refractivity contribution >= 4 is 11.8 Å². The van der Waals surface area contributed by atoms with Crippen LogP contribution in [0.2, 0.25) is 0 Å². The molecule has 0 aliphatic carbocycles. The molecule has 2 nitrogen and oxygen atoms in total. The molecule has 3 heteroatoms. The molecule has 2 atom stereocenters. The minimum atomic E-state index is 0.509. The molecule has 0 amide bonds. The van der Waals surface area contributed by atoms with Crippen molar-refractivity contribution in [2.75, 3.05) is 19.7 Å². The molecule has 0 bridgehead atoms. The predicted molar refractivity (Wildman–Crippen MR) is 80.9 cm³/mol. The van der Waals surface area contributed by atoms with Crippen molar-refractivity contribution in [2.24, 2.45) is 0 Å². The number of hydrogen-bond acceptors (Lipinski definition) is 3. The summed E-state index contributed by atoms with van der Waals surface area (Å²) in [4.78, 5) is 1.48. The van der Waals surface area contributed by atoms with Crippen LogP contribution in [-0.2, 0) is 11.2 Å². The molecule has 2 heterocycles. The molecule has 104 valence electrons. The first kappa shape index (κ1) is 13.5. The summed E-state index contributed by atoms with van der Waals surface area (Å²) < 4.78 is 5.76. The Morgan fingerprint density at radius 3 is 3.05 bits per heavy atom. The van der Waals surface area contributed by atoms with Crippen LogP contribution in [0.4, 0.5) is 0 Å². The van der Waals surface area contributed by atoms with Crippen LogP contribution >= 0.6 is 11.8 Å². The van der Waals surface area contributed by atoms with Crippen molar-refractivity contribution in [3.8, 4) is 0 Å². The van der Waals surface area contributed by atoms with Crippen LogP contribution in [0.1, 0.15) is 31.2 Å². The molecule has 2 unspecified atom stereocenters. The molecule has 1 fully saturated rings. The highest BCUT2D eigenvalue weighted by Crippen LogP contribution is 2.36. The van der Waals surface area contributed by atoms with E-state index in [1.54, 1.807) is 0 Å². The minimum Gasteiger partial charge on any atom is -0.378 e. The van der Waals surface area contributed by atoms with Crippen LogP contribution in [0.15, 0.2) is 29.2 Å². The van der Waals surface area contributed by atoms with Crippen LogP contribution < -0.4 is 5.32 Å². The van der Waals surface area contributed by atoms with Gasteiger partial charge in [0.25, 0.3) is 0 Å². The fraction of sp³-hybridized carbons (Fsp3) is 0.625. The summed E-state index contributed by atoms with van der Waals surface area (Å²) in [5, 5.41) is 4.32. The zero-order chi connectivity index (χ0) is 12.9. The largest absolute Gasteiger partial charge is 0.378 e. The molecular weight excluding hydrogens is 254 g/mol. The lowest BCUT2D eigenvalue weighted by Crippen LogP contribution is -2.29. The van der Waals surface area contributed by atoms with E-state index in [1.807, 2.05) is 11.8 Å². The maximum Gasteiger partial charge on any atom is 0.0587 e. The van der Waals surface area contributed by atoms with Gasteiger partial charge in [-0.25, -0.2) is 0 Å². The highest BCUT2D eigenvalue weighted by atomic mass is 32.2. The first-order valence-electron chi connectivity index (χ1n) is 7.49. The number of nitrogens with one attached hydrogen (secondary N) is 1. The van der Waals surface area contributed by atoms with Gasteiger partial charge in [0.05, 0.1) is 6.10 Å². The summed E-state index contributed by atoms with van der Waals surface area (Å²) in [5.74, 6) is 0. The van der Waals surface area contributed by atoms with E-state index in [4.69, 9.17) is 4.74 Å². The number of thioether (sulfide) groups is 1. The third-order valence-electron chi connectivity index (χ3n) is 4.00. The van der Waals surface area contributed by atoms with E-state index in [0.717, 1.165) is 19.7 Å². The normalized spacial score (nSPS) is 26.3. The van der Waals surface area contributed by atoms with Crippen molar-refractivity contribution in [2.45, 2.75) is 48.4 Å². The van der Waals surface area contributed by atoms with Crippen molar-refractivity contribution in [3.05, 3.63) is 29.8 Å². The average Bonchev–Trinajstić information content (AvgIpc) is 2.87. The Balaban J connectivity index is 1.33. The molecule has 1 N–H and O–H groups in total. The molecule has 19 heavy (non-hydrogen) atoms. The minimum absolute atomic E-state index is 0.509. The zero-order valence-corrected chi connectivity index (χ0v) is 12.3. The maximum atomic E-state index is 5.76. The predicted octanol–water partition coefficient (Wildman–Crippen LogP) is 3.25. The van der Waals surface area contributed by atoms with Crippen molar-refractivity contribution in [1.82, 2.24) is 5.32 Å². The second-order valence-electron chi connectivity index (χ2n) is 5.53. The molecule has 2 aliphatic rings. The third-order valence-corrected chi connectivity index (χ3v) is 5.32. The lowest BCUT2D eigenvalue weighted by Gasteiger charge is -2.22. The molecule has 0 spiro atoms. The second-order valence-corrected chi connectivity index (χ2v) is 6.88. The maximum absolute atomic E-state index is 5.76. The summed E-state index contributed by atoms with van der Waals surface area (Å²) >= 11 is 2.03. The smallest absolute Gasteiger partial charge is 0.0587 e. The molecule has 0 radical (unpaired) electrons. The van der Waals surface area contributed by atoms with E-state index < -0.39 is 0 Å². The quantitative estimate of drug-likeness (QED) is 0.835. The Bertz CT molecular complexity index is 378. The van der Waals surface area contributed by atoms with Gasteiger partial charge in [0.15, 0.2) is 0 Å². The fourth-order valence-electron chi connectivity index (χ4n) is 2.93. The van der Waals surface area contributed by atoms with Gasteiger partial charge in [0.2, 0.25) is 0 Å². The van der Waals surface area contributed by atoms with Crippen LogP contribution in [0, 0.1) is 0 Å². The van der Waals surface area contributed by atoms with Crippen molar-refractivity contribution < 1.29 is 4.74 Å². The Morgan fingerprint density at radius 1 is 1.26 bits per heavy atom. The van der Waals surface area contributed by atoms with E-state index >= 15 is 0 Å². The Labute approximate surface area is 120 Å². The van der Waals surface area contributed by atoms with Gasteiger partial charge in [0.1, 0.15) is 0 Å². The standard InChI is InChI=1S/C16H23NOS/c1-2-7-16-13(5-1)11-15(19-16)12-17-9-8-14-6-3-4-10-18-14/h1-2,5,7,14-15,17H,3-4,6,8-12H2. The van der Waals surface area contributed by atoms with E-state index in [1.165, 1.54) is 42.6 Å². The van der Waals surface area contributed by atoms with Crippen LogP contribution in [-0.4, -0.2) is 31.1 Å². The van der Waals surface area contributed by atoms with E-state index in [9.17, 15) is 0 Å². The highest BCUT2D eigenvalue weighted by Gasteiger charge is 2.21. The average molecular weight is 277 g/mol. The fourth-order valence-corrected chi connectivity index (χ4v) is 4.21. The molecule has 1 aromatic carbocycles. The molecule has 0 saturated carbocycles. The Morgan fingerprint density at radius 2 is 2.21 bits per heavy atom. The molecule has 2 aliphatic heterocycles. The van der Waals surface area contributed by atoms with E-state index in [0.29, 0.717) is 11.4 Å². The van der Waals surface area contributed by atoms with Gasteiger partial charge in [-0.05, 0) is 50.3 Å². The van der Waals surface area contributed by atoms with E-state index in [-0.39, 0.29) is 0 Å². The van der Waals surface area contributed by atoms with Gasteiger partial charge in [-0.15, -0.1) is 11.8 Å². The van der Waals surface area contributed by atoms with Gasteiger partial charge in [-0.1, -0.05) is 18.2 Å². The van der Waals surface area contributed by atoms with Crippen molar-refractivity contribution in [3.63, 3.8) is 0 Å². The number of benzene rings is 1. The molecule has 1 aromatic rings. The third kappa shape index (κ3) is 3.74. The summed E-state index contributed by atoms with van der Waals surface area (Å²) in [6, 6.07) is 8.80. The molecule has 3 rings (SSSR count). The van der Waals surface area contributed by atoms with Crippen LogP contribution in [0.5, 0.6) is 0 Å². The van der Waals surface area contributed by atoms with Gasteiger partial charge in [0, 0.05) is 23.3 Å². The van der Waals surface area contributed by atoms with Crippen LogP contribution in [0.3, 0.4) is 0 Å². The first-order valence-corrected chi connectivity index (χ1v) is 8.36. The number of ether oxygens (including phenoxy) is 1. The summed E-state index contributed by atoms with van der Waals surface area (Å²) in [6.07, 6.45) is 6.75. The first-order chi connectivity index (χ1) is 9.42. The second kappa shape index (κ2) is 6.78. The number of rotatable bonds is 5. The summed E-state index contributed by atoms with van der Waals surface area (Å²) in [6.45, 7) is 3.18. The molecule has 1 saturated heterocycles. The summed E-state index contributed by atoms with van der Waals surface area (Å²) in [5.41, 5.74) is 1.52. The molecule has 0 aromatic heterocycles. The lowest BCUT2D eigenvalue weighted by atomic mass is 10.1. The topological polar surface area (TPSA) is 21.3 Å². The van der Waals surface area contributed by atoms with Crippen LogP contribution in [0.25, 0.3) is 0 Å². The highest BCUT2D eigenvalue weighted by molar-refractivity contribution is 8.00. The number of hydrogen-bond donors (Lipinski definition) is 1. The Kier molecular flexibility index (Phi) is 4.81. The lowest BCUT2D eigenvalue weighted by molar-refractivity contribution is 0.0116. The van der Waals surface area contributed by atoms with Gasteiger partial charge < -0.3 is 10.1 Å². The van der Waals surface area contributed by atoms with Gasteiger partial charge >= 0.3 is 0 Å². The monoisotopic (exact) mass is 277 g/mol. The van der Waals surface area contributed by atoms with E-state index in [2.05, 4.69) is 29.6 Å². The van der Waals surface area contributed by atoms with Crippen molar-refractivity contribution in [1.29, 1.82) is 0 Å². The SMILES string of the molecule is c1ccc2c(c1)CC(CNCCC1CCCCO1)S2. The Hall–Kier alpha value is -0.510. The zero-order valence-electron chi connectivity index (χ0n) is 11.4. The van der Waals surface area contributed by atoms with Gasteiger partial charge in [-0.3, -0.25) is 0 Å². The number of fused-ring (bicyclic) bond motifs is 1. The molecular formula is C16H23NOS. The van der Waals surface area contributed by atoms with Gasteiger partial charge in [-0.2, -0.15) is 0 Å².